The van der Waals surface area contributed by atoms with Crippen LogP contribution in [0.5, 0.6) is 0 Å². The van der Waals surface area contributed by atoms with Gasteiger partial charge in [-0.1, -0.05) is 13.3 Å². The van der Waals surface area contributed by atoms with E-state index in [-0.39, 0.29) is 5.91 Å². The molecule has 3 heteroatoms. The summed E-state index contributed by atoms with van der Waals surface area (Å²) in [4.78, 5) is 14.3. The normalized spacial score (nSPS) is 10.5. The van der Waals surface area contributed by atoms with Gasteiger partial charge < -0.3 is 9.47 Å². The van der Waals surface area contributed by atoms with Gasteiger partial charge in [-0.2, -0.15) is 0 Å². The average Bonchev–Trinajstić information content (AvgIpc) is 3.02. The van der Waals surface area contributed by atoms with E-state index in [1.54, 1.807) is 0 Å². The van der Waals surface area contributed by atoms with Crippen molar-refractivity contribution in [2.45, 2.75) is 26.7 Å². The third-order valence-electron chi connectivity index (χ3n) is 3.47. The second kappa shape index (κ2) is 6.94. The lowest BCUT2D eigenvalue weighted by Gasteiger charge is -2.20. The Morgan fingerprint density at radius 1 is 1.10 bits per heavy atom. The van der Waals surface area contributed by atoms with Gasteiger partial charge in [0.05, 0.1) is 0 Å². The third-order valence-corrected chi connectivity index (χ3v) is 3.47. The van der Waals surface area contributed by atoms with Crippen LogP contribution in [0.4, 0.5) is 0 Å². The van der Waals surface area contributed by atoms with Gasteiger partial charge in [-0.3, -0.25) is 4.79 Å². The number of benzene rings is 1. The van der Waals surface area contributed by atoms with Crippen molar-refractivity contribution in [1.29, 1.82) is 0 Å². The molecular formula is C17H22N2O. The van der Waals surface area contributed by atoms with E-state index in [9.17, 15) is 4.79 Å². The second-order valence-corrected chi connectivity index (χ2v) is 4.88. The topological polar surface area (TPSA) is 25.2 Å². The lowest BCUT2D eigenvalue weighted by atomic mass is 10.1. The Labute approximate surface area is 120 Å². The van der Waals surface area contributed by atoms with Crippen LogP contribution in [0.15, 0.2) is 48.8 Å². The molecule has 0 saturated carbocycles. The highest BCUT2D eigenvalue weighted by atomic mass is 16.2. The van der Waals surface area contributed by atoms with Crippen LogP contribution in [0, 0.1) is 0 Å². The van der Waals surface area contributed by atoms with E-state index >= 15 is 0 Å². The maximum Gasteiger partial charge on any atom is 0.253 e. The summed E-state index contributed by atoms with van der Waals surface area (Å²) in [7, 11) is 0. The molecule has 0 saturated heterocycles. The molecule has 0 atom stereocenters. The zero-order chi connectivity index (χ0) is 14.4. The van der Waals surface area contributed by atoms with Crippen molar-refractivity contribution < 1.29 is 4.79 Å². The summed E-state index contributed by atoms with van der Waals surface area (Å²) < 4.78 is 2.03. The van der Waals surface area contributed by atoms with Crippen molar-refractivity contribution in [2.24, 2.45) is 0 Å². The number of carbonyl (C=O) groups excluding carboxylic acids is 1. The molecule has 0 aliphatic heterocycles. The minimum Gasteiger partial charge on any atom is -0.339 e. The molecular weight excluding hydrogens is 248 g/mol. The van der Waals surface area contributed by atoms with Crippen LogP contribution in [-0.4, -0.2) is 28.5 Å². The molecule has 106 valence electrons. The smallest absolute Gasteiger partial charge is 0.253 e. The predicted octanol–water partition coefficient (Wildman–Crippen LogP) is 3.74. The van der Waals surface area contributed by atoms with Gasteiger partial charge in [0.1, 0.15) is 0 Å². The fourth-order valence-electron chi connectivity index (χ4n) is 2.22. The first-order valence-corrected chi connectivity index (χ1v) is 7.29. The number of nitrogens with zero attached hydrogens (tertiary/aromatic N) is 2. The standard InChI is InChI=1S/C17H22N2O/c1-3-5-12-18(4-2)17(20)15-8-10-16(11-9-15)19-13-6-7-14-19/h6-11,13-14H,3-5,12H2,1-2H3. The van der Waals surface area contributed by atoms with E-state index in [2.05, 4.69) is 6.92 Å². The van der Waals surface area contributed by atoms with E-state index in [1.807, 2.05) is 65.2 Å². The fourth-order valence-corrected chi connectivity index (χ4v) is 2.22. The van der Waals surface area contributed by atoms with Gasteiger partial charge >= 0.3 is 0 Å². The van der Waals surface area contributed by atoms with Gasteiger partial charge in [-0.25, -0.2) is 0 Å². The summed E-state index contributed by atoms with van der Waals surface area (Å²) >= 11 is 0. The van der Waals surface area contributed by atoms with Crippen molar-refractivity contribution in [3.05, 3.63) is 54.4 Å². The molecule has 1 heterocycles. The predicted molar refractivity (Wildman–Crippen MR) is 82.3 cm³/mol. The van der Waals surface area contributed by atoms with Gasteiger partial charge in [-0.05, 0) is 49.7 Å². The Kier molecular flexibility index (Phi) is 4.99. The van der Waals surface area contributed by atoms with Crippen molar-refractivity contribution in [3.8, 4) is 5.69 Å². The Bertz CT molecular complexity index is 529. The van der Waals surface area contributed by atoms with Gasteiger partial charge in [-0.15, -0.1) is 0 Å². The average molecular weight is 270 g/mol. The number of unbranched alkanes of at least 4 members (excludes halogenated alkanes) is 1. The Balaban J connectivity index is 2.10. The van der Waals surface area contributed by atoms with Crippen LogP contribution in [-0.2, 0) is 0 Å². The maximum absolute atomic E-state index is 12.4. The highest BCUT2D eigenvalue weighted by Crippen LogP contribution is 2.12. The first-order valence-electron chi connectivity index (χ1n) is 7.29. The molecule has 0 bridgehead atoms. The van der Waals surface area contributed by atoms with E-state index in [0.29, 0.717) is 0 Å². The van der Waals surface area contributed by atoms with Crippen LogP contribution in [0.25, 0.3) is 5.69 Å². The fraction of sp³-hybridized carbons (Fsp3) is 0.353. The molecule has 0 aliphatic carbocycles. The quantitative estimate of drug-likeness (QED) is 0.785. The summed E-state index contributed by atoms with van der Waals surface area (Å²) in [6.07, 6.45) is 6.16. The zero-order valence-corrected chi connectivity index (χ0v) is 12.2. The zero-order valence-electron chi connectivity index (χ0n) is 12.2. The minimum absolute atomic E-state index is 0.125. The molecule has 0 fully saturated rings. The lowest BCUT2D eigenvalue weighted by Crippen LogP contribution is -2.31. The molecule has 0 radical (unpaired) electrons. The lowest BCUT2D eigenvalue weighted by molar-refractivity contribution is 0.0762. The molecule has 0 spiro atoms. The van der Waals surface area contributed by atoms with Crippen LogP contribution >= 0.6 is 0 Å². The number of hydrogen-bond donors (Lipinski definition) is 0. The van der Waals surface area contributed by atoms with E-state index in [0.717, 1.165) is 37.2 Å². The summed E-state index contributed by atoms with van der Waals surface area (Å²) in [5, 5.41) is 0. The first-order chi connectivity index (χ1) is 9.76. The van der Waals surface area contributed by atoms with Crippen LogP contribution < -0.4 is 0 Å². The van der Waals surface area contributed by atoms with Crippen molar-refractivity contribution in [1.82, 2.24) is 9.47 Å². The molecule has 3 nitrogen and oxygen atoms in total. The van der Waals surface area contributed by atoms with Crippen LogP contribution in [0.2, 0.25) is 0 Å². The minimum atomic E-state index is 0.125. The first kappa shape index (κ1) is 14.4. The summed E-state index contributed by atoms with van der Waals surface area (Å²) in [6, 6.07) is 11.8. The highest BCUT2D eigenvalue weighted by Gasteiger charge is 2.13. The molecule has 20 heavy (non-hydrogen) atoms. The second-order valence-electron chi connectivity index (χ2n) is 4.88. The van der Waals surface area contributed by atoms with E-state index in [4.69, 9.17) is 0 Å². The molecule has 0 unspecified atom stereocenters. The summed E-state index contributed by atoms with van der Waals surface area (Å²) in [5.41, 5.74) is 1.84. The number of hydrogen-bond acceptors (Lipinski definition) is 1. The number of aromatic nitrogens is 1. The molecule has 1 amide bonds. The van der Waals surface area contributed by atoms with Crippen molar-refractivity contribution in [3.63, 3.8) is 0 Å². The van der Waals surface area contributed by atoms with Gasteiger partial charge in [0.2, 0.25) is 0 Å². The van der Waals surface area contributed by atoms with Crippen LogP contribution in [0.3, 0.4) is 0 Å². The van der Waals surface area contributed by atoms with Gasteiger partial charge in [0, 0.05) is 36.7 Å². The number of amides is 1. The number of carbonyl (C=O) groups is 1. The molecule has 1 aromatic heterocycles. The Hall–Kier alpha value is -2.03. The summed E-state index contributed by atoms with van der Waals surface area (Å²) in [5.74, 6) is 0.125. The molecule has 0 aliphatic rings. The van der Waals surface area contributed by atoms with Gasteiger partial charge in [0.25, 0.3) is 5.91 Å². The van der Waals surface area contributed by atoms with Crippen LogP contribution in [0.1, 0.15) is 37.0 Å². The SMILES string of the molecule is CCCCN(CC)C(=O)c1ccc(-n2cccc2)cc1. The third kappa shape index (κ3) is 3.29. The molecule has 2 aromatic rings. The van der Waals surface area contributed by atoms with Crippen molar-refractivity contribution in [2.75, 3.05) is 13.1 Å². The number of rotatable bonds is 6. The molecule has 1 aromatic carbocycles. The van der Waals surface area contributed by atoms with E-state index in [1.165, 1.54) is 0 Å². The summed E-state index contributed by atoms with van der Waals surface area (Å²) in [6.45, 7) is 5.77. The van der Waals surface area contributed by atoms with E-state index < -0.39 is 0 Å². The monoisotopic (exact) mass is 270 g/mol. The highest BCUT2D eigenvalue weighted by molar-refractivity contribution is 5.94. The largest absolute Gasteiger partial charge is 0.339 e. The Morgan fingerprint density at radius 2 is 1.75 bits per heavy atom. The maximum atomic E-state index is 12.4. The molecule has 0 N–H and O–H groups in total. The van der Waals surface area contributed by atoms with Gasteiger partial charge in [0.15, 0.2) is 0 Å². The van der Waals surface area contributed by atoms with Crippen molar-refractivity contribution >= 4 is 5.91 Å². The Morgan fingerprint density at radius 3 is 2.30 bits per heavy atom. The molecule has 2 rings (SSSR count).